The standard InChI is InChI=1S/C10H16N2O2S2/c1-7(5-15-2)4-11-10-12-8(6-16-10)3-9(13)14/h6-7H,3-5H2,1-2H3,(H,11,12)(H,13,14). The van der Waals surface area contributed by atoms with Crippen LogP contribution in [0.5, 0.6) is 0 Å². The smallest absolute Gasteiger partial charge is 0.309 e. The first-order valence-electron chi connectivity index (χ1n) is 5.00. The molecule has 0 aliphatic heterocycles. The summed E-state index contributed by atoms with van der Waals surface area (Å²) in [6.45, 7) is 3.05. The molecule has 0 bridgehead atoms. The molecule has 1 aromatic rings. The Balaban J connectivity index is 2.37. The Kier molecular flexibility index (Phi) is 5.62. The van der Waals surface area contributed by atoms with Gasteiger partial charge in [0.05, 0.1) is 12.1 Å². The van der Waals surface area contributed by atoms with Gasteiger partial charge in [-0.1, -0.05) is 6.92 Å². The average Bonchev–Trinajstić information content (AvgIpc) is 2.62. The number of nitrogens with one attached hydrogen (secondary N) is 1. The van der Waals surface area contributed by atoms with E-state index in [0.717, 1.165) is 17.4 Å². The third-order valence-electron chi connectivity index (χ3n) is 1.94. The predicted molar refractivity (Wildman–Crippen MR) is 69.5 cm³/mol. The second-order valence-electron chi connectivity index (χ2n) is 3.66. The van der Waals surface area contributed by atoms with Crippen molar-refractivity contribution in [3.8, 4) is 0 Å². The fraction of sp³-hybridized carbons (Fsp3) is 0.600. The van der Waals surface area contributed by atoms with Crippen LogP contribution in [0.3, 0.4) is 0 Å². The Morgan fingerprint density at radius 2 is 2.50 bits per heavy atom. The van der Waals surface area contributed by atoms with Crippen molar-refractivity contribution in [1.82, 2.24) is 4.98 Å². The van der Waals surface area contributed by atoms with Crippen molar-refractivity contribution in [3.05, 3.63) is 11.1 Å². The lowest BCUT2D eigenvalue weighted by Gasteiger charge is -2.09. The van der Waals surface area contributed by atoms with E-state index in [2.05, 4.69) is 23.5 Å². The van der Waals surface area contributed by atoms with Gasteiger partial charge in [-0.05, 0) is 17.9 Å². The molecule has 0 aromatic carbocycles. The van der Waals surface area contributed by atoms with E-state index < -0.39 is 5.97 Å². The molecular weight excluding hydrogens is 244 g/mol. The number of hydrogen-bond donors (Lipinski definition) is 2. The van der Waals surface area contributed by atoms with Crippen molar-refractivity contribution in [1.29, 1.82) is 0 Å². The minimum atomic E-state index is -0.840. The number of aromatic nitrogens is 1. The van der Waals surface area contributed by atoms with Gasteiger partial charge >= 0.3 is 5.97 Å². The Hall–Kier alpha value is -0.750. The van der Waals surface area contributed by atoms with E-state index in [1.165, 1.54) is 11.3 Å². The quantitative estimate of drug-likeness (QED) is 0.787. The maximum Gasteiger partial charge on any atom is 0.309 e. The zero-order valence-corrected chi connectivity index (χ0v) is 11.0. The van der Waals surface area contributed by atoms with Crippen molar-refractivity contribution in [2.75, 3.05) is 23.9 Å². The molecule has 16 heavy (non-hydrogen) atoms. The van der Waals surface area contributed by atoms with Gasteiger partial charge in [0, 0.05) is 11.9 Å². The van der Waals surface area contributed by atoms with E-state index in [1.54, 1.807) is 5.38 Å². The Bertz CT molecular complexity index is 341. The van der Waals surface area contributed by atoms with Crippen LogP contribution in [0.1, 0.15) is 12.6 Å². The molecule has 0 saturated heterocycles. The molecule has 0 aliphatic rings. The lowest BCUT2D eigenvalue weighted by atomic mass is 10.2. The lowest BCUT2D eigenvalue weighted by molar-refractivity contribution is -0.136. The normalized spacial score (nSPS) is 12.4. The number of rotatable bonds is 7. The molecule has 0 amide bonds. The van der Waals surface area contributed by atoms with E-state index in [9.17, 15) is 4.79 Å². The molecule has 0 fully saturated rings. The lowest BCUT2D eigenvalue weighted by Crippen LogP contribution is -2.13. The number of carboxylic acids is 1. The number of thiazole rings is 1. The van der Waals surface area contributed by atoms with E-state index in [4.69, 9.17) is 5.11 Å². The third kappa shape index (κ3) is 4.85. The summed E-state index contributed by atoms with van der Waals surface area (Å²) in [6.07, 6.45) is 2.09. The maximum atomic E-state index is 10.5. The molecule has 0 radical (unpaired) electrons. The highest BCUT2D eigenvalue weighted by Crippen LogP contribution is 2.16. The molecule has 1 unspecified atom stereocenters. The largest absolute Gasteiger partial charge is 0.481 e. The number of thioether (sulfide) groups is 1. The minimum Gasteiger partial charge on any atom is -0.481 e. The van der Waals surface area contributed by atoms with E-state index in [1.807, 2.05) is 11.8 Å². The van der Waals surface area contributed by atoms with Crippen LogP contribution >= 0.6 is 23.1 Å². The number of aliphatic carboxylic acids is 1. The van der Waals surface area contributed by atoms with Gasteiger partial charge in [0.25, 0.3) is 0 Å². The van der Waals surface area contributed by atoms with Crippen LogP contribution in [-0.2, 0) is 11.2 Å². The SMILES string of the molecule is CSCC(C)CNc1nc(CC(=O)O)cs1. The Labute approximate surface area is 103 Å². The van der Waals surface area contributed by atoms with Crippen molar-refractivity contribution in [2.45, 2.75) is 13.3 Å². The molecule has 2 N–H and O–H groups in total. The van der Waals surface area contributed by atoms with Gasteiger partial charge in [-0.3, -0.25) is 4.79 Å². The summed E-state index contributed by atoms with van der Waals surface area (Å²) in [4.78, 5) is 14.7. The summed E-state index contributed by atoms with van der Waals surface area (Å²) < 4.78 is 0. The molecule has 1 rings (SSSR count). The first-order valence-corrected chi connectivity index (χ1v) is 7.28. The molecule has 0 saturated carbocycles. The van der Waals surface area contributed by atoms with Crippen molar-refractivity contribution in [3.63, 3.8) is 0 Å². The molecule has 90 valence electrons. The number of anilines is 1. The molecule has 6 heteroatoms. The number of carbonyl (C=O) groups is 1. The second kappa shape index (κ2) is 6.75. The Morgan fingerprint density at radius 1 is 1.75 bits per heavy atom. The fourth-order valence-corrected chi connectivity index (χ4v) is 2.64. The molecule has 0 spiro atoms. The first-order chi connectivity index (χ1) is 7.61. The van der Waals surface area contributed by atoms with Gasteiger partial charge in [0.15, 0.2) is 5.13 Å². The molecular formula is C10H16N2O2S2. The van der Waals surface area contributed by atoms with E-state index in [0.29, 0.717) is 11.6 Å². The highest BCUT2D eigenvalue weighted by molar-refractivity contribution is 7.98. The van der Waals surface area contributed by atoms with Crippen molar-refractivity contribution < 1.29 is 9.90 Å². The van der Waals surface area contributed by atoms with Crippen molar-refractivity contribution in [2.24, 2.45) is 5.92 Å². The summed E-state index contributed by atoms with van der Waals surface area (Å²) in [5.41, 5.74) is 0.623. The molecule has 1 atom stereocenters. The van der Waals surface area contributed by atoms with Crippen LogP contribution in [0.25, 0.3) is 0 Å². The molecule has 0 aliphatic carbocycles. The number of carboxylic acid groups (broad SMARTS) is 1. The zero-order chi connectivity index (χ0) is 12.0. The van der Waals surface area contributed by atoms with Crippen LogP contribution in [-0.4, -0.2) is 34.6 Å². The van der Waals surface area contributed by atoms with E-state index in [-0.39, 0.29) is 6.42 Å². The van der Waals surface area contributed by atoms with Crippen molar-refractivity contribution >= 4 is 34.2 Å². The number of hydrogen-bond acceptors (Lipinski definition) is 5. The fourth-order valence-electron chi connectivity index (χ4n) is 1.23. The summed E-state index contributed by atoms with van der Waals surface area (Å²) in [7, 11) is 0. The first kappa shape index (κ1) is 13.3. The topological polar surface area (TPSA) is 62.2 Å². The zero-order valence-electron chi connectivity index (χ0n) is 9.40. The van der Waals surface area contributed by atoms with Crippen LogP contribution in [0.15, 0.2) is 5.38 Å². The highest BCUT2D eigenvalue weighted by atomic mass is 32.2. The summed E-state index contributed by atoms with van der Waals surface area (Å²) in [6, 6.07) is 0. The van der Waals surface area contributed by atoms with Gasteiger partial charge in [-0.2, -0.15) is 11.8 Å². The van der Waals surface area contributed by atoms with Crippen LogP contribution < -0.4 is 5.32 Å². The molecule has 1 aromatic heterocycles. The van der Waals surface area contributed by atoms with Gasteiger partial charge in [0.2, 0.25) is 0 Å². The number of nitrogens with zero attached hydrogens (tertiary/aromatic N) is 1. The van der Waals surface area contributed by atoms with Gasteiger partial charge in [-0.25, -0.2) is 4.98 Å². The highest BCUT2D eigenvalue weighted by Gasteiger charge is 2.07. The third-order valence-corrected chi connectivity index (χ3v) is 3.69. The van der Waals surface area contributed by atoms with E-state index >= 15 is 0 Å². The molecule has 1 heterocycles. The maximum absolute atomic E-state index is 10.5. The van der Waals surface area contributed by atoms with Crippen LogP contribution in [0.4, 0.5) is 5.13 Å². The minimum absolute atomic E-state index is 0.00144. The summed E-state index contributed by atoms with van der Waals surface area (Å²) in [5, 5.41) is 14.4. The van der Waals surface area contributed by atoms with Crippen LogP contribution in [0.2, 0.25) is 0 Å². The van der Waals surface area contributed by atoms with Crippen LogP contribution in [0, 0.1) is 5.92 Å². The summed E-state index contributed by atoms with van der Waals surface area (Å²) in [5.74, 6) is 0.856. The predicted octanol–water partition coefficient (Wildman–Crippen LogP) is 2.18. The van der Waals surface area contributed by atoms with Gasteiger partial charge < -0.3 is 10.4 Å². The average molecular weight is 260 g/mol. The molecule has 4 nitrogen and oxygen atoms in total. The van der Waals surface area contributed by atoms with Gasteiger partial charge in [-0.15, -0.1) is 11.3 Å². The summed E-state index contributed by atoms with van der Waals surface area (Å²) >= 11 is 3.28. The van der Waals surface area contributed by atoms with Gasteiger partial charge in [0.1, 0.15) is 0 Å². The monoisotopic (exact) mass is 260 g/mol. The second-order valence-corrected chi connectivity index (χ2v) is 5.42. The Morgan fingerprint density at radius 3 is 3.12 bits per heavy atom.